The van der Waals surface area contributed by atoms with E-state index < -0.39 is 0 Å². The fourth-order valence-electron chi connectivity index (χ4n) is 7.50. The average molecular weight is 303 g/mol. The molecule has 0 aromatic carbocycles. The Hall–Kier alpha value is -0.300. The summed E-state index contributed by atoms with van der Waals surface area (Å²) >= 11 is 0. The molecule has 4 aliphatic carbocycles. The van der Waals surface area contributed by atoms with Gasteiger partial charge in [-0.05, 0) is 85.4 Å². The van der Waals surface area contributed by atoms with Crippen LogP contribution in [0.2, 0.25) is 0 Å². The third-order valence-corrected chi connectivity index (χ3v) is 8.81. The van der Waals surface area contributed by atoms with Crippen molar-refractivity contribution in [2.24, 2.45) is 40.4 Å². The van der Waals surface area contributed by atoms with Gasteiger partial charge >= 0.3 is 0 Å². The summed E-state index contributed by atoms with van der Waals surface area (Å²) in [4.78, 5) is 0. The molecule has 1 heteroatoms. The summed E-state index contributed by atoms with van der Waals surface area (Å²) in [6.07, 6.45) is 10.3. The first kappa shape index (κ1) is 15.2. The van der Waals surface area contributed by atoms with Crippen LogP contribution in [-0.2, 0) is 0 Å². The zero-order valence-electron chi connectivity index (χ0n) is 14.8. The van der Waals surface area contributed by atoms with Crippen LogP contribution in [0.1, 0.15) is 72.1 Å². The predicted molar refractivity (Wildman–Crippen MR) is 91.4 cm³/mol. The van der Waals surface area contributed by atoms with Crippen molar-refractivity contribution < 1.29 is 5.11 Å². The van der Waals surface area contributed by atoms with Crippen molar-refractivity contribution in [2.45, 2.75) is 78.2 Å². The van der Waals surface area contributed by atoms with Gasteiger partial charge in [-0.3, -0.25) is 0 Å². The van der Waals surface area contributed by atoms with Gasteiger partial charge in [0.05, 0.1) is 6.10 Å². The zero-order chi connectivity index (χ0) is 15.7. The van der Waals surface area contributed by atoms with Crippen LogP contribution in [-0.4, -0.2) is 11.2 Å². The molecule has 4 rings (SSSR count). The number of aliphatic hydroxyl groups is 1. The molecule has 1 nitrogen and oxygen atoms in total. The maximum absolute atomic E-state index is 11.2. The van der Waals surface area contributed by atoms with Crippen LogP contribution < -0.4 is 0 Å². The molecule has 0 bridgehead atoms. The first-order valence-electron chi connectivity index (χ1n) is 9.72. The maximum atomic E-state index is 11.2. The topological polar surface area (TPSA) is 20.2 Å². The van der Waals surface area contributed by atoms with Gasteiger partial charge in [-0.2, -0.15) is 0 Å². The standard InChI is InChI=1S/C21H34O/c1-13-9-10-20(3)15(11-13)6-7-16-17-8-5-14(2)21(17,4)12-18(22)19(16)20/h13,15-19,22H,2,5-12H2,1,3-4H3/t13-,15-,16+,17+,18+,19-,20+,21-/m1/s1. The number of aliphatic hydroxyl groups excluding tert-OH is 1. The van der Waals surface area contributed by atoms with Crippen molar-refractivity contribution in [3.05, 3.63) is 12.2 Å². The monoisotopic (exact) mass is 302 g/mol. The molecule has 0 aliphatic heterocycles. The Morgan fingerprint density at radius 3 is 2.68 bits per heavy atom. The lowest BCUT2D eigenvalue weighted by Crippen LogP contribution is -2.58. The minimum Gasteiger partial charge on any atom is -0.393 e. The number of allylic oxidation sites excluding steroid dienone is 1. The minimum absolute atomic E-state index is 0.0951. The summed E-state index contributed by atoms with van der Waals surface area (Å²) in [5.74, 6) is 3.86. The van der Waals surface area contributed by atoms with Gasteiger partial charge in [0.25, 0.3) is 0 Å². The molecule has 0 amide bonds. The molecule has 0 unspecified atom stereocenters. The Bertz CT molecular complexity index is 482. The van der Waals surface area contributed by atoms with Crippen molar-refractivity contribution in [1.82, 2.24) is 0 Å². The van der Waals surface area contributed by atoms with Gasteiger partial charge in [0.1, 0.15) is 0 Å². The summed E-state index contributed by atoms with van der Waals surface area (Å²) < 4.78 is 0. The van der Waals surface area contributed by atoms with E-state index in [0.29, 0.717) is 11.3 Å². The van der Waals surface area contributed by atoms with Gasteiger partial charge in [-0.15, -0.1) is 0 Å². The predicted octanol–water partition coefficient (Wildman–Crippen LogP) is 5.19. The highest BCUT2D eigenvalue weighted by atomic mass is 16.3. The largest absolute Gasteiger partial charge is 0.393 e. The second-order valence-corrected chi connectivity index (χ2v) is 9.79. The van der Waals surface area contributed by atoms with Crippen molar-refractivity contribution in [1.29, 1.82) is 0 Å². The normalized spacial score (nSPS) is 57.9. The van der Waals surface area contributed by atoms with Crippen LogP contribution in [0.15, 0.2) is 12.2 Å². The van der Waals surface area contributed by atoms with Gasteiger partial charge < -0.3 is 5.11 Å². The van der Waals surface area contributed by atoms with Gasteiger partial charge in [0, 0.05) is 0 Å². The summed E-state index contributed by atoms with van der Waals surface area (Å²) in [6, 6.07) is 0. The number of rotatable bonds is 0. The van der Waals surface area contributed by atoms with Crippen LogP contribution in [0.25, 0.3) is 0 Å². The molecule has 0 heterocycles. The van der Waals surface area contributed by atoms with Gasteiger partial charge in [0.15, 0.2) is 0 Å². The molecular formula is C21H34O. The number of hydrogen-bond acceptors (Lipinski definition) is 1. The molecule has 0 aromatic rings. The second-order valence-electron chi connectivity index (χ2n) is 9.79. The highest BCUT2D eigenvalue weighted by Gasteiger charge is 2.61. The lowest BCUT2D eigenvalue weighted by molar-refractivity contribution is -0.161. The lowest BCUT2D eigenvalue weighted by atomic mass is 9.44. The van der Waals surface area contributed by atoms with Crippen LogP contribution in [0, 0.1) is 40.4 Å². The van der Waals surface area contributed by atoms with E-state index in [9.17, 15) is 5.11 Å². The quantitative estimate of drug-likeness (QED) is 0.610. The van der Waals surface area contributed by atoms with E-state index in [1.165, 1.54) is 50.5 Å². The Labute approximate surface area is 136 Å². The van der Waals surface area contributed by atoms with Crippen LogP contribution in [0.5, 0.6) is 0 Å². The van der Waals surface area contributed by atoms with Gasteiger partial charge in [-0.25, -0.2) is 0 Å². The maximum Gasteiger partial charge on any atom is 0.0584 e. The molecule has 0 spiro atoms. The van der Waals surface area contributed by atoms with E-state index in [1.54, 1.807) is 0 Å². The number of fused-ring (bicyclic) bond motifs is 5. The first-order chi connectivity index (χ1) is 10.4. The Morgan fingerprint density at radius 1 is 1.14 bits per heavy atom. The van der Waals surface area contributed by atoms with E-state index in [4.69, 9.17) is 0 Å². The fourth-order valence-corrected chi connectivity index (χ4v) is 7.50. The van der Waals surface area contributed by atoms with E-state index in [0.717, 1.165) is 30.1 Å². The molecule has 0 saturated heterocycles. The summed E-state index contributed by atoms with van der Waals surface area (Å²) in [5, 5.41) is 11.2. The smallest absolute Gasteiger partial charge is 0.0584 e. The molecule has 124 valence electrons. The van der Waals surface area contributed by atoms with Crippen LogP contribution in [0.3, 0.4) is 0 Å². The second kappa shape index (κ2) is 4.85. The van der Waals surface area contributed by atoms with E-state index >= 15 is 0 Å². The summed E-state index contributed by atoms with van der Waals surface area (Å²) in [5.41, 5.74) is 2.06. The van der Waals surface area contributed by atoms with Crippen molar-refractivity contribution >= 4 is 0 Å². The van der Waals surface area contributed by atoms with E-state index in [1.807, 2.05) is 0 Å². The van der Waals surface area contributed by atoms with Crippen LogP contribution in [0.4, 0.5) is 0 Å². The summed E-state index contributed by atoms with van der Waals surface area (Å²) in [7, 11) is 0. The first-order valence-corrected chi connectivity index (χ1v) is 9.72. The average Bonchev–Trinajstić information content (AvgIpc) is 2.75. The highest BCUT2D eigenvalue weighted by Crippen LogP contribution is 2.67. The van der Waals surface area contributed by atoms with Crippen molar-refractivity contribution in [3.63, 3.8) is 0 Å². The molecule has 8 atom stereocenters. The third kappa shape index (κ3) is 1.87. The summed E-state index contributed by atoms with van der Waals surface area (Å²) in [6.45, 7) is 11.8. The van der Waals surface area contributed by atoms with Gasteiger partial charge in [0.2, 0.25) is 0 Å². The van der Waals surface area contributed by atoms with E-state index in [2.05, 4.69) is 27.4 Å². The van der Waals surface area contributed by atoms with Crippen molar-refractivity contribution in [3.8, 4) is 0 Å². The molecular weight excluding hydrogens is 268 g/mol. The zero-order valence-corrected chi connectivity index (χ0v) is 14.8. The van der Waals surface area contributed by atoms with Crippen molar-refractivity contribution in [2.75, 3.05) is 0 Å². The molecule has 0 aromatic heterocycles. The third-order valence-electron chi connectivity index (χ3n) is 8.81. The Morgan fingerprint density at radius 2 is 1.91 bits per heavy atom. The molecule has 4 aliphatic rings. The lowest BCUT2D eigenvalue weighted by Gasteiger charge is -2.62. The molecule has 1 N–H and O–H groups in total. The van der Waals surface area contributed by atoms with Crippen LogP contribution >= 0.6 is 0 Å². The highest BCUT2D eigenvalue weighted by molar-refractivity contribution is 5.22. The molecule has 0 radical (unpaired) electrons. The minimum atomic E-state index is -0.0951. The fraction of sp³-hybridized carbons (Fsp3) is 0.905. The van der Waals surface area contributed by atoms with Gasteiger partial charge in [-0.1, -0.05) is 39.3 Å². The Balaban J connectivity index is 1.69. The molecule has 4 saturated carbocycles. The van der Waals surface area contributed by atoms with E-state index in [-0.39, 0.29) is 11.5 Å². The SMILES string of the molecule is C=C1CC[C@H]2[C@@H]3CC[C@@H]4C[C@H](C)CC[C@]4(C)[C@H]3[C@@H](O)C[C@]12C. The molecule has 4 fully saturated rings. The Kier molecular flexibility index (Phi) is 3.36. The molecule has 22 heavy (non-hydrogen) atoms. The number of hydrogen-bond donors (Lipinski definition) is 1.